The molecule has 0 aliphatic carbocycles. The summed E-state index contributed by atoms with van der Waals surface area (Å²) in [6, 6.07) is 3.64. The van der Waals surface area contributed by atoms with Gasteiger partial charge in [0.25, 0.3) is 5.91 Å². The fraction of sp³-hybridized carbons (Fsp3) is 0.250. The molecule has 0 bridgehead atoms. The summed E-state index contributed by atoms with van der Waals surface area (Å²) in [4.78, 5) is 16.6. The number of aryl methyl sites for hydroxylation is 1. The largest absolute Gasteiger partial charge is 0.469 e. The lowest BCUT2D eigenvalue weighted by Gasteiger charge is -2.15. The number of furan rings is 1. The molecule has 5 heteroatoms. The number of nitrogens with zero attached hydrogens (tertiary/aromatic N) is 1. The number of hydrogen-bond donors (Lipinski definition) is 1. The molecule has 2 aromatic rings. The molecule has 1 N–H and O–H groups in total. The number of aromatic nitrogens is 1. The fourth-order valence-corrected chi connectivity index (χ4v) is 1.94. The van der Waals surface area contributed by atoms with Crippen LogP contribution in [0.15, 0.2) is 33.5 Å². The van der Waals surface area contributed by atoms with Gasteiger partial charge in [0.2, 0.25) is 0 Å². The van der Waals surface area contributed by atoms with E-state index in [9.17, 15) is 4.79 Å². The number of carbonyl (C=O) groups is 1. The summed E-state index contributed by atoms with van der Waals surface area (Å²) >= 11 is 3.30. The van der Waals surface area contributed by atoms with Crippen LogP contribution in [-0.2, 0) is 6.54 Å². The first kappa shape index (κ1) is 12.0. The maximum Gasteiger partial charge on any atom is 0.270 e. The summed E-state index contributed by atoms with van der Waals surface area (Å²) in [5.74, 6) is 0.800. The van der Waals surface area contributed by atoms with E-state index >= 15 is 0 Å². The Bertz CT molecular complexity index is 530. The van der Waals surface area contributed by atoms with Crippen molar-refractivity contribution in [1.82, 2.24) is 9.88 Å². The predicted molar refractivity (Wildman–Crippen MR) is 67.7 cm³/mol. The van der Waals surface area contributed by atoms with E-state index in [2.05, 4.69) is 20.9 Å². The van der Waals surface area contributed by atoms with Crippen LogP contribution in [-0.4, -0.2) is 22.8 Å². The zero-order chi connectivity index (χ0) is 12.4. The molecule has 1 amide bonds. The molecular formula is C12H13BrN2O2. The van der Waals surface area contributed by atoms with Crippen molar-refractivity contribution in [1.29, 1.82) is 0 Å². The van der Waals surface area contributed by atoms with E-state index in [1.165, 1.54) is 0 Å². The Morgan fingerprint density at radius 3 is 2.88 bits per heavy atom. The van der Waals surface area contributed by atoms with Crippen molar-refractivity contribution >= 4 is 21.8 Å². The highest BCUT2D eigenvalue weighted by molar-refractivity contribution is 9.10. The lowest BCUT2D eigenvalue weighted by atomic mass is 10.2. The van der Waals surface area contributed by atoms with Crippen LogP contribution in [0, 0.1) is 6.92 Å². The molecular weight excluding hydrogens is 284 g/mol. The van der Waals surface area contributed by atoms with Gasteiger partial charge in [-0.1, -0.05) is 0 Å². The van der Waals surface area contributed by atoms with Gasteiger partial charge in [-0.15, -0.1) is 0 Å². The van der Waals surface area contributed by atoms with Gasteiger partial charge in [0.15, 0.2) is 0 Å². The average Bonchev–Trinajstić information content (AvgIpc) is 2.88. The van der Waals surface area contributed by atoms with Crippen molar-refractivity contribution in [2.24, 2.45) is 0 Å². The second-order valence-corrected chi connectivity index (χ2v) is 4.81. The Hall–Kier alpha value is -1.49. The Balaban J connectivity index is 2.08. The first-order chi connectivity index (χ1) is 8.08. The standard InChI is InChI=1S/C12H13BrN2O2/c1-8-9(3-4-17-8)7-15(2)12(16)11-5-10(13)6-14-11/h3-6,14H,7H2,1-2H3. The van der Waals surface area contributed by atoms with Crippen molar-refractivity contribution in [2.45, 2.75) is 13.5 Å². The SMILES string of the molecule is Cc1occc1CN(C)C(=O)c1cc(Br)c[nH]1. The van der Waals surface area contributed by atoms with Crippen LogP contribution in [0.4, 0.5) is 0 Å². The predicted octanol–water partition coefficient (Wildman–Crippen LogP) is 2.95. The minimum absolute atomic E-state index is 0.0451. The first-order valence-corrected chi connectivity index (χ1v) is 5.99. The lowest BCUT2D eigenvalue weighted by Crippen LogP contribution is -2.26. The molecule has 0 saturated carbocycles. The second kappa shape index (κ2) is 4.79. The number of nitrogens with one attached hydrogen (secondary N) is 1. The quantitative estimate of drug-likeness (QED) is 0.947. The van der Waals surface area contributed by atoms with Crippen molar-refractivity contribution in [3.63, 3.8) is 0 Å². The molecule has 0 aliphatic rings. The normalized spacial score (nSPS) is 10.5. The molecule has 0 aliphatic heterocycles. The molecule has 0 radical (unpaired) electrons. The third-order valence-electron chi connectivity index (χ3n) is 2.60. The van der Waals surface area contributed by atoms with E-state index in [-0.39, 0.29) is 5.91 Å². The molecule has 0 spiro atoms. The van der Waals surface area contributed by atoms with Gasteiger partial charge in [-0.3, -0.25) is 4.79 Å². The lowest BCUT2D eigenvalue weighted by molar-refractivity contribution is 0.0779. The van der Waals surface area contributed by atoms with Crippen LogP contribution in [0.5, 0.6) is 0 Å². The minimum Gasteiger partial charge on any atom is -0.469 e. The van der Waals surface area contributed by atoms with Gasteiger partial charge in [0.05, 0.1) is 6.26 Å². The third kappa shape index (κ3) is 2.61. The number of aromatic amines is 1. The first-order valence-electron chi connectivity index (χ1n) is 5.20. The molecule has 0 unspecified atom stereocenters. The zero-order valence-electron chi connectivity index (χ0n) is 9.66. The molecule has 0 aromatic carbocycles. The van der Waals surface area contributed by atoms with E-state index in [1.54, 1.807) is 30.5 Å². The minimum atomic E-state index is -0.0451. The number of rotatable bonds is 3. The van der Waals surface area contributed by atoms with Crippen molar-refractivity contribution in [3.05, 3.63) is 46.1 Å². The van der Waals surface area contributed by atoms with Crippen molar-refractivity contribution in [3.8, 4) is 0 Å². The number of H-pyrrole nitrogens is 1. The maximum atomic E-state index is 12.0. The summed E-state index contributed by atoms with van der Waals surface area (Å²) < 4.78 is 6.07. The summed E-state index contributed by atoms with van der Waals surface area (Å²) in [6.45, 7) is 2.43. The third-order valence-corrected chi connectivity index (χ3v) is 3.06. The van der Waals surface area contributed by atoms with E-state index < -0.39 is 0 Å². The van der Waals surface area contributed by atoms with Gasteiger partial charge in [-0.05, 0) is 35.0 Å². The van der Waals surface area contributed by atoms with Crippen molar-refractivity contribution in [2.75, 3.05) is 7.05 Å². The summed E-state index contributed by atoms with van der Waals surface area (Å²) in [6.07, 6.45) is 3.37. The molecule has 90 valence electrons. The molecule has 17 heavy (non-hydrogen) atoms. The molecule has 2 rings (SSSR count). The van der Waals surface area contributed by atoms with Crippen LogP contribution in [0.3, 0.4) is 0 Å². The maximum absolute atomic E-state index is 12.0. The van der Waals surface area contributed by atoms with Gasteiger partial charge >= 0.3 is 0 Å². The Kier molecular flexibility index (Phi) is 3.38. The van der Waals surface area contributed by atoms with Crippen LogP contribution < -0.4 is 0 Å². The highest BCUT2D eigenvalue weighted by Gasteiger charge is 2.15. The summed E-state index contributed by atoms with van der Waals surface area (Å²) in [7, 11) is 1.77. The highest BCUT2D eigenvalue weighted by Crippen LogP contribution is 2.15. The fourth-order valence-electron chi connectivity index (χ4n) is 1.60. The molecule has 0 fully saturated rings. The van der Waals surface area contributed by atoms with E-state index in [4.69, 9.17) is 4.42 Å². The van der Waals surface area contributed by atoms with E-state index in [0.717, 1.165) is 15.8 Å². The van der Waals surface area contributed by atoms with Crippen LogP contribution >= 0.6 is 15.9 Å². The van der Waals surface area contributed by atoms with Gasteiger partial charge in [-0.2, -0.15) is 0 Å². The van der Waals surface area contributed by atoms with Gasteiger partial charge < -0.3 is 14.3 Å². The van der Waals surface area contributed by atoms with Gasteiger partial charge in [0, 0.05) is 29.8 Å². The number of hydrogen-bond acceptors (Lipinski definition) is 2. The zero-order valence-corrected chi connectivity index (χ0v) is 11.2. The Morgan fingerprint density at radius 2 is 2.35 bits per heavy atom. The Morgan fingerprint density at radius 1 is 1.59 bits per heavy atom. The van der Waals surface area contributed by atoms with Crippen LogP contribution in [0.2, 0.25) is 0 Å². The molecule has 2 aromatic heterocycles. The van der Waals surface area contributed by atoms with Crippen LogP contribution in [0.1, 0.15) is 21.8 Å². The topological polar surface area (TPSA) is 49.2 Å². The smallest absolute Gasteiger partial charge is 0.270 e. The molecule has 4 nitrogen and oxygen atoms in total. The van der Waals surface area contributed by atoms with Gasteiger partial charge in [0.1, 0.15) is 11.5 Å². The average molecular weight is 297 g/mol. The summed E-state index contributed by atoms with van der Waals surface area (Å²) in [5, 5.41) is 0. The number of amides is 1. The monoisotopic (exact) mass is 296 g/mol. The van der Waals surface area contributed by atoms with Crippen molar-refractivity contribution < 1.29 is 9.21 Å². The summed E-state index contributed by atoms with van der Waals surface area (Å²) in [5.41, 5.74) is 1.59. The number of halogens is 1. The second-order valence-electron chi connectivity index (χ2n) is 3.89. The van der Waals surface area contributed by atoms with Gasteiger partial charge in [-0.25, -0.2) is 0 Å². The van der Waals surface area contributed by atoms with E-state index in [1.807, 2.05) is 13.0 Å². The van der Waals surface area contributed by atoms with E-state index in [0.29, 0.717) is 12.2 Å². The van der Waals surface area contributed by atoms with Crippen LogP contribution in [0.25, 0.3) is 0 Å². The highest BCUT2D eigenvalue weighted by atomic mass is 79.9. The molecule has 2 heterocycles. The Labute approximate surface area is 108 Å². The number of carbonyl (C=O) groups excluding carboxylic acids is 1. The molecule has 0 saturated heterocycles. The molecule has 0 atom stereocenters.